The fraction of sp³-hybridized carbons (Fsp3) is 0.524. The van der Waals surface area contributed by atoms with E-state index < -0.39 is 0 Å². The predicted octanol–water partition coefficient (Wildman–Crippen LogP) is 6.18. The second kappa shape index (κ2) is 12.8. The molecule has 0 spiro atoms. The lowest BCUT2D eigenvalue weighted by molar-refractivity contribution is 0.897. The molecule has 0 saturated carbocycles. The van der Waals surface area contributed by atoms with Crippen molar-refractivity contribution >= 4 is 38.6 Å². The quantitative estimate of drug-likeness (QED) is 0.492. The molecule has 0 atom stereocenters. The molecule has 0 amide bonds. The van der Waals surface area contributed by atoms with Crippen LogP contribution in [0.3, 0.4) is 0 Å². The predicted molar refractivity (Wildman–Crippen MR) is 123 cm³/mol. The molecule has 0 aliphatic rings. The maximum atomic E-state index is 5.80. The van der Waals surface area contributed by atoms with E-state index in [4.69, 9.17) is 10.7 Å². The second-order valence-corrected chi connectivity index (χ2v) is 7.65. The van der Waals surface area contributed by atoms with Crippen LogP contribution in [0.5, 0.6) is 0 Å². The van der Waals surface area contributed by atoms with Gasteiger partial charge in [-0.15, -0.1) is 22.7 Å². The molecule has 0 aliphatic heterocycles. The minimum Gasteiger partial charge on any atom is -0.377 e. The molecular weight excluding hydrogens is 372 g/mol. The summed E-state index contributed by atoms with van der Waals surface area (Å²) < 4.78 is 1.25. The van der Waals surface area contributed by atoms with Gasteiger partial charge >= 0.3 is 0 Å². The Labute approximate surface area is 172 Å². The minimum atomic E-state index is 0.685. The van der Waals surface area contributed by atoms with Gasteiger partial charge in [-0.1, -0.05) is 41.0 Å². The number of aromatic nitrogens is 2. The highest BCUT2D eigenvalue weighted by Gasteiger charge is 2.16. The number of anilines is 1. The molecule has 0 unspecified atom stereocenters. The van der Waals surface area contributed by atoms with Crippen molar-refractivity contribution in [1.29, 1.82) is 0 Å². The van der Waals surface area contributed by atoms with Crippen molar-refractivity contribution in [1.82, 2.24) is 9.97 Å². The van der Waals surface area contributed by atoms with E-state index >= 15 is 0 Å². The lowest BCUT2D eigenvalue weighted by Gasteiger charge is -2.07. The van der Waals surface area contributed by atoms with E-state index in [1.807, 2.05) is 50.6 Å². The smallest absolute Gasteiger partial charge is 0.112 e. The van der Waals surface area contributed by atoms with Crippen LogP contribution >= 0.6 is 22.7 Å². The Balaban J connectivity index is 0.000000855. The number of nitrogens with two attached hydrogens (primary N) is 1. The minimum absolute atomic E-state index is 0.685. The van der Waals surface area contributed by atoms with Gasteiger partial charge in [-0.05, 0) is 37.9 Å². The van der Waals surface area contributed by atoms with Gasteiger partial charge in [0.1, 0.15) is 5.01 Å². The molecule has 3 N–H and O–H groups in total. The van der Waals surface area contributed by atoms with Gasteiger partial charge < -0.3 is 11.1 Å². The fourth-order valence-corrected chi connectivity index (χ4v) is 4.62. The van der Waals surface area contributed by atoms with Crippen molar-refractivity contribution in [2.45, 2.75) is 67.3 Å². The van der Waals surface area contributed by atoms with E-state index in [0.29, 0.717) is 6.54 Å². The summed E-state index contributed by atoms with van der Waals surface area (Å²) in [7, 11) is 0. The molecule has 0 bridgehead atoms. The third-order valence-corrected chi connectivity index (χ3v) is 5.83. The Hall–Kier alpha value is -1.50. The van der Waals surface area contributed by atoms with Gasteiger partial charge in [-0.2, -0.15) is 0 Å². The molecule has 3 heterocycles. The summed E-state index contributed by atoms with van der Waals surface area (Å²) >= 11 is 3.51. The zero-order valence-corrected chi connectivity index (χ0v) is 19.2. The van der Waals surface area contributed by atoms with E-state index in [2.05, 4.69) is 30.2 Å². The zero-order chi connectivity index (χ0) is 20.2. The number of nitrogens with zero attached hydrogens (tertiary/aromatic N) is 2. The molecular formula is C21H34N4S2. The summed E-state index contributed by atoms with van der Waals surface area (Å²) in [4.78, 5) is 10.6. The maximum Gasteiger partial charge on any atom is 0.112 e. The summed E-state index contributed by atoms with van der Waals surface area (Å²) in [5.74, 6) is 0. The SMILES string of the molecule is CC.CC.CCCc1c(CCN)sc2c(NCc3nccs3)cc(C)nc12. The van der Waals surface area contributed by atoms with Gasteiger partial charge in [0.2, 0.25) is 0 Å². The van der Waals surface area contributed by atoms with Gasteiger partial charge in [0.05, 0.1) is 22.4 Å². The van der Waals surface area contributed by atoms with Crippen LogP contribution in [0, 0.1) is 6.92 Å². The average molecular weight is 407 g/mol. The summed E-state index contributed by atoms with van der Waals surface area (Å²) in [6, 6.07) is 2.13. The Morgan fingerprint density at radius 1 is 1.15 bits per heavy atom. The second-order valence-electron chi connectivity index (χ2n) is 5.56. The molecule has 0 saturated heterocycles. The van der Waals surface area contributed by atoms with E-state index in [9.17, 15) is 0 Å². The van der Waals surface area contributed by atoms with Crippen LogP contribution in [-0.2, 0) is 19.4 Å². The summed E-state index contributed by atoms with van der Waals surface area (Å²) in [6.45, 7) is 13.7. The number of fused-ring (bicyclic) bond motifs is 1. The Morgan fingerprint density at radius 3 is 2.48 bits per heavy atom. The van der Waals surface area contributed by atoms with E-state index in [1.165, 1.54) is 15.1 Å². The van der Waals surface area contributed by atoms with Crippen molar-refractivity contribution in [3.63, 3.8) is 0 Å². The van der Waals surface area contributed by atoms with Crippen molar-refractivity contribution in [3.05, 3.63) is 38.8 Å². The first-order chi connectivity index (χ1) is 13.2. The number of rotatable bonds is 7. The van der Waals surface area contributed by atoms with Gasteiger partial charge in [-0.3, -0.25) is 4.98 Å². The van der Waals surface area contributed by atoms with Crippen LogP contribution in [0.4, 0.5) is 5.69 Å². The molecule has 3 aromatic rings. The van der Waals surface area contributed by atoms with Crippen LogP contribution in [-0.4, -0.2) is 16.5 Å². The lowest BCUT2D eigenvalue weighted by atomic mass is 10.1. The third-order valence-electron chi connectivity index (χ3n) is 3.73. The number of hydrogen-bond acceptors (Lipinski definition) is 6. The number of thiazole rings is 1. The largest absolute Gasteiger partial charge is 0.377 e. The molecule has 3 aromatic heterocycles. The number of hydrogen-bond donors (Lipinski definition) is 2. The first kappa shape index (κ1) is 23.5. The molecule has 0 radical (unpaired) electrons. The van der Waals surface area contributed by atoms with Crippen LogP contribution in [0.1, 0.15) is 62.2 Å². The van der Waals surface area contributed by atoms with Gasteiger partial charge in [0.15, 0.2) is 0 Å². The van der Waals surface area contributed by atoms with Crippen molar-refractivity contribution in [2.75, 3.05) is 11.9 Å². The molecule has 150 valence electrons. The summed E-state index contributed by atoms with van der Waals surface area (Å²) in [5.41, 5.74) is 10.6. The number of aryl methyl sites for hydroxylation is 2. The van der Waals surface area contributed by atoms with Crippen LogP contribution in [0.2, 0.25) is 0 Å². The van der Waals surface area contributed by atoms with E-state index in [-0.39, 0.29) is 0 Å². The van der Waals surface area contributed by atoms with Crippen LogP contribution < -0.4 is 11.1 Å². The van der Waals surface area contributed by atoms with Crippen molar-refractivity contribution in [2.24, 2.45) is 5.73 Å². The average Bonchev–Trinajstić information content (AvgIpc) is 3.33. The monoisotopic (exact) mass is 406 g/mol. The topological polar surface area (TPSA) is 63.8 Å². The Kier molecular flexibility index (Phi) is 11.2. The zero-order valence-electron chi connectivity index (χ0n) is 17.6. The number of pyridine rings is 1. The number of thiophene rings is 1. The molecule has 3 rings (SSSR count). The van der Waals surface area contributed by atoms with Crippen LogP contribution in [0.25, 0.3) is 10.2 Å². The lowest BCUT2D eigenvalue weighted by Crippen LogP contribution is -2.03. The van der Waals surface area contributed by atoms with Crippen molar-refractivity contribution in [3.8, 4) is 0 Å². The van der Waals surface area contributed by atoms with Crippen molar-refractivity contribution < 1.29 is 0 Å². The maximum absolute atomic E-state index is 5.80. The molecule has 4 nitrogen and oxygen atoms in total. The molecule has 6 heteroatoms. The van der Waals surface area contributed by atoms with E-state index in [1.54, 1.807) is 11.3 Å². The van der Waals surface area contributed by atoms with Crippen LogP contribution in [0.15, 0.2) is 17.6 Å². The normalized spacial score (nSPS) is 10.0. The highest BCUT2D eigenvalue weighted by atomic mass is 32.1. The molecule has 0 aromatic carbocycles. The number of nitrogens with one attached hydrogen (secondary N) is 1. The summed E-state index contributed by atoms with van der Waals surface area (Å²) in [6.07, 6.45) is 4.97. The third kappa shape index (κ3) is 6.26. The van der Waals surface area contributed by atoms with E-state index in [0.717, 1.165) is 47.7 Å². The Morgan fingerprint density at radius 2 is 1.89 bits per heavy atom. The Bertz CT molecular complexity index is 779. The van der Waals surface area contributed by atoms with Gasteiger partial charge in [0.25, 0.3) is 0 Å². The molecule has 0 fully saturated rings. The summed E-state index contributed by atoms with van der Waals surface area (Å²) in [5, 5.41) is 6.65. The molecule has 27 heavy (non-hydrogen) atoms. The highest BCUT2D eigenvalue weighted by molar-refractivity contribution is 7.19. The van der Waals surface area contributed by atoms with Gasteiger partial charge in [0, 0.05) is 22.1 Å². The highest BCUT2D eigenvalue weighted by Crippen LogP contribution is 2.37. The first-order valence-corrected chi connectivity index (χ1v) is 11.7. The fourth-order valence-electron chi connectivity index (χ4n) is 2.77. The van der Waals surface area contributed by atoms with Gasteiger partial charge in [-0.25, -0.2) is 4.98 Å². The molecule has 0 aliphatic carbocycles. The first-order valence-electron chi connectivity index (χ1n) is 9.97. The standard InChI is InChI=1S/C17H22N4S2.2C2H6/c1-3-4-12-14(5-6-18)23-17-13(9-11(2)21-16(12)17)20-10-15-19-7-8-22-15;2*1-2/h7-9H,3-6,10,18H2,1-2H3,(H,20,21);2*1-2H3.